The van der Waals surface area contributed by atoms with E-state index < -0.39 is 5.92 Å². The third-order valence-corrected chi connectivity index (χ3v) is 4.28. The molecule has 0 aliphatic carbocycles. The van der Waals surface area contributed by atoms with Crippen molar-refractivity contribution in [1.82, 2.24) is 10.3 Å². The molecular formula is C15H17N3OS2. The van der Waals surface area contributed by atoms with E-state index in [1.807, 2.05) is 42.6 Å². The molecule has 3 N–H and O–H groups in total. The first-order valence-electron chi connectivity index (χ1n) is 6.67. The maximum atomic E-state index is 12.5. The lowest BCUT2D eigenvalue weighted by Gasteiger charge is -2.20. The second kappa shape index (κ2) is 7.28. The number of amides is 1. The molecule has 110 valence electrons. The molecule has 0 radical (unpaired) electrons. The molecular weight excluding hydrogens is 302 g/mol. The van der Waals surface area contributed by atoms with Crippen LogP contribution < -0.4 is 11.1 Å². The van der Waals surface area contributed by atoms with E-state index in [4.69, 9.17) is 18.0 Å². The number of thiocarbonyl (C=S) groups is 1. The molecule has 0 fully saturated rings. The number of nitrogens with two attached hydrogens (primary N) is 1. The SMILES string of the molecule is CCC(NC(=O)C(C(N)=S)c1ccccc1)c1nccs1. The summed E-state index contributed by atoms with van der Waals surface area (Å²) in [6, 6.07) is 9.22. The monoisotopic (exact) mass is 319 g/mol. The summed E-state index contributed by atoms with van der Waals surface area (Å²) in [4.78, 5) is 17.0. The number of thiazole rings is 1. The highest BCUT2D eigenvalue weighted by Gasteiger charge is 2.26. The Hall–Kier alpha value is -1.79. The highest BCUT2D eigenvalue weighted by Crippen LogP contribution is 2.22. The minimum atomic E-state index is -0.616. The summed E-state index contributed by atoms with van der Waals surface area (Å²) in [6.45, 7) is 2.00. The van der Waals surface area contributed by atoms with Gasteiger partial charge in [-0.15, -0.1) is 11.3 Å². The van der Waals surface area contributed by atoms with Crippen LogP contribution in [0.1, 0.15) is 35.9 Å². The van der Waals surface area contributed by atoms with Crippen molar-refractivity contribution in [2.24, 2.45) is 5.73 Å². The van der Waals surface area contributed by atoms with Crippen molar-refractivity contribution in [3.05, 3.63) is 52.5 Å². The van der Waals surface area contributed by atoms with E-state index in [1.54, 1.807) is 6.20 Å². The van der Waals surface area contributed by atoms with Gasteiger partial charge >= 0.3 is 0 Å². The van der Waals surface area contributed by atoms with Crippen LogP contribution in [0.2, 0.25) is 0 Å². The minimum absolute atomic E-state index is 0.113. The summed E-state index contributed by atoms with van der Waals surface area (Å²) < 4.78 is 0. The van der Waals surface area contributed by atoms with Gasteiger partial charge in [-0.1, -0.05) is 49.5 Å². The average Bonchev–Trinajstić information content (AvgIpc) is 2.99. The Kier molecular flexibility index (Phi) is 5.41. The number of nitrogens with one attached hydrogen (secondary N) is 1. The normalized spacial score (nSPS) is 13.4. The molecule has 1 aromatic carbocycles. The quantitative estimate of drug-likeness (QED) is 0.803. The Balaban J connectivity index is 2.18. The molecule has 2 rings (SSSR count). The lowest BCUT2D eigenvalue weighted by Crippen LogP contribution is -2.38. The number of carbonyl (C=O) groups is 1. The van der Waals surface area contributed by atoms with Crippen LogP contribution in [0.5, 0.6) is 0 Å². The van der Waals surface area contributed by atoms with Gasteiger partial charge in [-0.2, -0.15) is 0 Å². The number of aromatic nitrogens is 1. The Morgan fingerprint density at radius 3 is 2.67 bits per heavy atom. The number of benzene rings is 1. The van der Waals surface area contributed by atoms with Crippen LogP contribution in [-0.4, -0.2) is 15.9 Å². The van der Waals surface area contributed by atoms with Gasteiger partial charge in [0.1, 0.15) is 10.9 Å². The van der Waals surface area contributed by atoms with E-state index in [0.717, 1.165) is 17.0 Å². The third-order valence-electron chi connectivity index (χ3n) is 3.15. The van der Waals surface area contributed by atoms with Gasteiger partial charge in [0.2, 0.25) is 5.91 Å². The summed E-state index contributed by atoms with van der Waals surface area (Å²) in [7, 11) is 0. The van der Waals surface area contributed by atoms with Gasteiger partial charge in [-0.3, -0.25) is 4.79 Å². The summed E-state index contributed by atoms with van der Waals surface area (Å²) in [5, 5.41) is 5.78. The van der Waals surface area contributed by atoms with Gasteiger partial charge in [-0.25, -0.2) is 4.98 Å². The summed E-state index contributed by atoms with van der Waals surface area (Å²) in [5.74, 6) is -0.800. The smallest absolute Gasteiger partial charge is 0.234 e. The molecule has 1 amide bonds. The molecule has 0 saturated heterocycles. The van der Waals surface area contributed by atoms with Crippen molar-refractivity contribution in [2.75, 3.05) is 0 Å². The molecule has 0 aliphatic heterocycles. The standard InChI is InChI=1S/C15H17N3OS2/c1-2-11(15-17-8-9-21-15)18-14(19)12(13(16)20)10-6-4-3-5-7-10/h3-9,11-12H,2H2,1H3,(H2,16,20)(H,18,19). The van der Waals surface area contributed by atoms with E-state index in [0.29, 0.717) is 0 Å². The van der Waals surface area contributed by atoms with E-state index in [-0.39, 0.29) is 16.9 Å². The molecule has 1 heterocycles. The first-order valence-corrected chi connectivity index (χ1v) is 7.96. The predicted octanol–water partition coefficient (Wildman–Crippen LogP) is 2.78. The fourth-order valence-corrected chi connectivity index (χ4v) is 3.11. The Bertz CT molecular complexity index is 599. The second-order valence-electron chi connectivity index (χ2n) is 4.59. The van der Waals surface area contributed by atoms with E-state index in [9.17, 15) is 4.79 Å². The summed E-state index contributed by atoms with van der Waals surface area (Å²) in [5.41, 5.74) is 6.57. The van der Waals surface area contributed by atoms with Crippen molar-refractivity contribution in [3.8, 4) is 0 Å². The van der Waals surface area contributed by atoms with Crippen LogP contribution in [0, 0.1) is 0 Å². The van der Waals surface area contributed by atoms with Crippen molar-refractivity contribution in [3.63, 3.8) is 0 Å². The first-order chi connectivity index (χ1) is 10.1. The highest BCUT2D eigenvalue weighted by molar-refractivity contribution is 7.80. The third kappa shape index (κ3) is 3.86. The van der Waals surface area contributed by atoms with Crippen LogP contribution in [0.15, 0.2) is 41.9 Å². The molecule has 0 bridgehead atoms. The minimum Gasteiger partial charge on any atom is -0.392 e. The number of rotatable bonds is 6. The molecule has 4 nitrogen and oxygen atoms in total. The van der Waals surface area contributed by atoms with E-state index in [1.165, 1.54) is 11.3 Å². The molecule has 2 atom stereocenters. The van der Waals surface area contributed by atoms with Crippen LogP contribution in [-0.2, 0) is 4.79 Å². The van der Waals surface area contributed by atoms with Crippen molar-refractivity contribution in [2.45, 2.75) is 25.3 Å². The van der Waals surface area contributed by atoms with Gasteiger partial charge in [0.05, 0.1) is 11.0 Å². The maximum absolute atomic E-state index is 12.5. The van der Waals surface area contributed by atoms with Crippen molar-refractivity contribution in [1.29, 1.82) is 0 Å². The fraction of sp³-hybridized carbons (Fsp3) is 0.267. The number of hydrogen-bond acceptors (Lipinski definition) is 4. The lowest BCUT2D eigenvalue weighted by molar-refractivity contribution is -0.121. The van der Waals surface area contributed by atoms with Crippen molar-refractivity contribution >= 4 is 34.5 Å². The number of hydrogen-bond donors (Lipinski definition) is 2. The number of carbonyl (C=O) groups excluding carboxylic acids is 1. The van der Waals surface area contributed by atoms with E-state index >= 15 is 0 Å². The summed E-state index contributed by atoms with van der Waals surface area (Å²) >= 11 is 6.59. The maximum Gasteiger partial charge on any atom is 0.234 e. The zero-order chi connectivity index (χ0) is 15.2. The van der Waals surface area contributed by atoms with Crippen LogP contribution >= 0.6 is 23.6 Å². The highest BCUT2D eigenvalue weighted by atomic mass is 32.1. The number of nitrogens with zero attached hydrogens (tertiary/aromatic N) is 1. The zero-order valence-electron chi connectivity index (χ0n) is 11.7. The van der Waals surface area contributed by atoms with Crippen LogP contribution in [0.25, 0.3) is 0 Å². The fourth-order valence-electron chi connectivity index (χ4n) is 2.09. The first kappa shape index (κ1) is 15.6. The van der Waals surface area contributed by atoms with Crippen LogP contribution in [0.4, 0.5) is 0 Å². The lowest BCUT2D eigenvalue weighted by atomic mass is 9.97. The molecule has 2 unspecified atom stereocenters. The van der Waals surface area contributed by atoms with Gasteiger partial charge < -0.3 is 11.1 Å². The van der Waals surface area contributed by atoms with Crippen molar-refractivity contribution < 1.29 is 4.79 Å². The van der Waals surface area contributed by atoms with Gasteiger partial charge in [0.25, 0.3) is 0 Å². The zero-order valence-corrected chi connectivity index (χ0v) is 13.3. The van der Waals surface area contributed by atoms with Gasteiger partial charge in [0.15, 0.2) is 0 Å². The average molecular weight is 319 g/mol. The largest absolute Gasteiger partial charge is 0.392 e. The topological polar surface area (TPSA) is 68.0 Å². The molecule has 6 heteroatoms. The van der Waals surface area contributed by atoms with Crippen LogP contribution in [0.3, 0.4) is 0 Å². The molecule has 0 aliphatic rings. The summed E-state index contributed by atoms with van der Waals surface area (Å²) in [6.07, 6.45) is 2.50. The molecule has 0 saturated carbocycles. The van der Waals surface area contributed by atoms with E-state index in [2.05, 4.69) is 10.3 Å². The molecule has 21 heavy (non-hydrogen) atoms. The second-order valence-corrected chi connectivity index (χ2v) is 5.98. The molecule has 2 aromatic rings. The van der Waals surface area contributed by atoms with Gasteiger partial charge in [0, 0.05) is 11.6 Å². The van der Waals surface area contributed by atoms with Gasteiger partial charge in [-0.05, 0) is 12.0 Å². The Morgan fingerprint density at radius 2 is 2.14 bits per heavy atom. The Labute approximate surface area is 133 Å². The molecule has 1 aromatic heterocycles. The molecule has 0 spiro atoms. The predicted molar refractivity (Wildman–Crippen MR) is 89.3 cm³/mol. The Morgan fingerprint density at radius 1 is 1.43 bits per heavy atom.